The van der Waals surface area contributed by atoms with E-state index in [4.69, 9.17) is 15.9 Å². The third-order valence-electron chi connectivity index (χ3n) is 1.92. The van der Waals surface area contributed by atoms with E-state index in [1.54, 1.807) is 24.3 Å². The van der Waals surface area contributed by atoms with E-state index in [1.165, 1.54) is 0 Å². The Balaban J connectivity index is 2.68. The molecular formula is C10H13NO3. The van der Waals surface area contributed by atoms with Gasteiger partial charge in [-0.1, -0.05) is 12.1 Å². The van der Waals surface area contributed by atoms with Crippen molar-refractivity contribution < 1.29 is 15.0 Å². The second-order valence-electron chi connectivity index (χ2n) is 3.10. The van der Waals surface area contributed by atoms with Crippen molar-refractivity contribution in [3.05, 3.63) is 35.4 Å². The van der Waals surface area contributed by atoms with E-state index in [-0.39, 0.29) is 6.61 Å². The Labute approximate surface area is 82.0 Å². The Kier molecular flexibility index (Phi) is 3.62. The van der Waals surface area contributed by atoms with Gasteiger partial charge in [-0.05, 0) is 17.7 Å². The first-order valence-corrected chi connectivity index (χ1v) is 4.31. The summed E-state index contributed by atoms with van der Waals surface area (Å²) in [5, 5.41) is 17.8. The maximum Gasteiger partial charge on any atom is 0.248 e. The van der Waals surface area contributed by atoms with Gasteiger partial charge in [-0.15, -0.1) is 0 Å². The lowest BCUT2D eigenvalue weighted by Gasteiger charge is -2.06. The quantitative estimate of drug-likeness (QED) is 0.615. The Bertz CT molecular complexity index is 308. The number of rotatable bonds is 4. The molecular weight excluding hydrogens is 182 g/mol. The lowest BCUT2D eigenvalue weighted by Crippen LogP contribution is -2.15. The molecule has 1 rings (SSSR count). The number of nitrogens with two attached hydrogens (primary N) is 1. The first-order chi connectivity index (χ1) is 6.63. The normalized spacial score (nSPS) is 12.4. The Morgan fingerprint density at radius 2 is 1.93 bits per heavy atom. The third kappa shape index (κ3) is 2.83. The standard InChI is InChI=1S/C10H13NO3/c11-10(14)8-3-1-7(2-4-8)5-9(13)6-12/h1-4,9,12-13H,5-6H2,(H2,11,14). The average molecular weight is 195 g/mol. The number of carbonyl (C=O) groups excluding carboxylic acids is 1. The maximum atomic E-state index is 10.7. The fourth-order valence-electron chi connectivity index (χ4n) is 1.14. The molecule has 14 heavy (non-hydrogen) atoms. The summed E-state index contributed by atoms with van der Waals surface area (Å²) < 4.78 is 0. The van der Waals surface area contributed by atoms with Crippen LogP contribution in [0.25, 0.3) is 0 Å². The lowest BCUT2D eigenvalue weighted by molar-refractivity contribution is 0.0955. The molecule has 0 aromatic heterocycles. The summed E-state index contributed by atoms with van der Waals surface area (Å²) in [5.41, 5.74) is 6.36. The number of aliphatic hydroxyl groups excluding tert-OH is 2. The fourth-order valence-corrected chi connectivity index (χ4v) is 1.14. The average Bonchev–Trinajstić information content (AvgIpc) is 2.18. The number of carbonyl (C=O) groups is 1. The van der Waals surface area contributed by atoms with Gasteiger partial charge in [0.2, 0.25) is 5.91 Å². The van der Waals surface area contributed by atoms with Crippen LogP contribution in [0.4, 0.5) is 0 Å². The molecule has 0 saturated heterocycles. The van der Waals surface area contributed by atoms with Crippen molar-refractivity contribution >= 4 is 5.91 Å². The van der Waals surface area contributed by atoms with Gasteiger partial charge in [0.15, 0.2) is 0 Å². The van der Waals surface area contributed by atoms with Gasteiger partial charge in [0, 0.05) is 12.0 Å². The topological polar surface area (TPSA) is 83.6 Å². The highest BCUT2D eigenvalue weighted by atomic mass is 16.3. The van der Waals surface area contributed by atoms with Gasteiger partial charge in [-0.25, -0.2) is 0 Å². The van der Waals surface area contributed by atoms with Gasteiger partial charge >= 0.3 is 0 Å². The van der Waals surface area contributed by atoms with E-state index < -0.39 is 12.0 Å². The first kappa shape index (κ1) is 10.7. The lowest BCUT2D eigenvalue weighted by atomic mass is 10.1. The van der Waals surface area contributed by atoms with Crippen molar-refractivity contribution in [3.63, 3.8) is 0 Å². The van der Waals surface area contributed by atoms with E-state index in [1.807, 2.05) is 0 Å². The number of benzene rings is 1. The summed E-state index contributed by atoms with van der Waals surface area (Å²) in [6.07, 6.45) is -0.385. The highest BCUT2D eigenvalue weighted by molar-refractivity contribution is 5.92. The van der Waals surface area contributed by atoms with Crippen molar-refractivity contribution in [2.24, 2.45) is 5.73 Å². The minimum atomic E-state index is -0.755. The van der Waals surface area contributed by atoms with Crippen LogP contribution in [0.3, 0.4) is 0 Å². The molecule has 0 heterocycles. The van der Waals surface area contributed by atoms with Crippen LogP contribution in [0.15, 0.2) is 24.3 Å². The van der Waals surface area contributed by atoms with Gasteiger partial charge in [-0.2, -0.15) is 0 Å². The van der Waals surface area contributed by atoms with Crippen LogP contribution in [-0.4, -0.2) is 28.8 Å². The molecule has 1 amide bonds. The Hall–Kier alpha value is -1.39. The molecule has 4 heteroatoms. The van der Waals surface area contributed by atoms with Crippen LogP contribution < -0.4 is 5.73 Å². The molecule has 4 nitrogen and oxygen atoms in total. The number of hydrogen-bond acceptors (Lipinski definition) is 3. The third-order valence-corrected chi connectivity index (χ3v) is 1.92. The summed E-state index contributed by atoms with van der Waals surface area (Å²) in [5.74, 6) is -0.473. The highest BCUT2D eigenvalue weighted by Crippen LogP contribution is 2.06. The van der Waals surface area contributed by atoms with Crippen molar-refractivity contribution in [2.75, 3.05) is 6.61 Å². The van der Waals surface area contributed by atoms with E-state index in [9.17, 15) is 4.79 Å². The van der Waals surface area contributed by atoms with E-state index in [2.05, 4.69) is 0 Å². The minimum Gasteiger partial charge on any atom is -0.394 e. The molecule has 0 bridgehead atoms. The molecule has 0 spiro atoms. The monoisotopic (exact) mass is 195 g/mol. The van der Waals surface area contributed by atoms with Gasteiger partial charge in [-0.3, -0.25) is 4.79 Å². The molecule has 1 unspecified atom stereocenters. The molecule has 4 N–H and O–H groups in total. The van der Waals surface area contributed by atoms with E-state index >= 15 is 0 Å². The number of amides is 1. The summed E-state index contributed by atoms with van der Waals surface area (Å²) in [7, 11) is 0. The molecule has 0 aliphatic rings. The summed E-state index contributed by atoms with van der Waals surface area (Å²) in [6.45, 7) is -0.266. The molecule has 1 atom stereocenters. The summed E-state index contributed by atoms with van der Waals surface area (Å²) in [4.78, 5) is 10.7. The number of hydrogen-bond donors (Lipinski definition) is 3. The second-order valence-corrected chi connectivity index (χ2v) is 3.10. The molecule has 1 aromatic rings. The maximum absolute atomic E-state index is 10.7. The SMILES string of the molecule is NC(=O)c1ccc(CC(O)CO)cc1. The molecule has 76 valence electrons. The fraction of sp³-hybridized carbons (Fsp3) is 0.300. The Morgan fingerprint density at radius 1 is 1.36 bits per heavy atom. The molecule has 0 aliphatic heterocycles. The van der Waals surface area contributed by atoms with Crippen LogP contribution in [0.1, 0.15) is 15.9 Å². The molecule has 0 aliphatic carbocycles. The van der Waals surface area contributed by atoms with Crippen molar-refractivity contribution in [3.8, 4) is 0 Å². The molecule has 1 aromatic carbocycles. The smallest absolute Gasteiger partial charge is 0.248 e. The van der Waals surface area contributed by atoms with E-state index in [0.29, 0.717) is 12.0 Å². The van der Waals surface area contributed by atoms with Crippen molar-refractivity contribution in [2.45, 2.75) is 12.5 Å². The minimum absolute atomic E-state index is 0.266. The van der Waals surface area contributed by atoms with Crippen molar-refractivity contribution in [1.29, 1.82) is 0 Å². The predicted octanol–water partition coefficient (Wildman–Crippen LogP) is -0.319. The molecule has 0 saturated carbocycles. The van der Waals surface area contributed by atoms with E-state index in [0.717, 1.165) is 5.56 Å². The van der Waals surface area contributed by atoms with Crippen LogP contribution in [0, 0.1) is 0 Å². The molecule has 0 fully saturated rings. The highest BCUT2D eigenvalue weighted by Gasteiger charge is 2.04. The van der Waals surface area contributed by atoms with Crippen LogP contribution in [0.5, 0.6) is 0 Å². The van der Waals surface area contributed by atoms with Crippen LogP contribution in [0.2, 0.25) is 0 Å². The largest absolute Gasteiger partial charge is 0.394 e. The molecule has 0 radical (unpaired) electrons. The second kappa shape index (κ2) is 4.74. The zero-order chi connectivity index (χ0) is 10.6. The summed E-state index contributed by atoms with van der Waals surface area (Å²) >= 11 is 0. The van der Waals surface area contributed by atoms with Gasteiger partial charge in [0.05, 0.1) is 12.7 Å². The number of aliphatic hydroxyl groups is 2. The summed E-state index contributed by atoms with van der Waals surface area (Å²) in [6, 6.07) is 6.61. The van der Waals surface area contributed by atoms with Gasteiger partial charge in [0.1, 0.15) is 0 Å². The number of primary amides is 1. The van der Waals surface area contributed by atoms with Crippen molar-refractivity contribution in [1.82, 2.24) is 0 Å². The zero-order valence-electron chi connectivity index (χ0n) is 7.68. The predicted molar refractivity (Wildman–Crippen MR) is 51.8 cm³/mol. The van der Waals surface area contributed by atoms with Gasteiger partial charge in [0.25, 0.3) is 0 Å². The van der Waals surface area contributed by atoms with Crippen LogP contribution >= 0.6 is 0 Å². The van der Waals surface area contributed by atoms with Gasteiger partial charge < -0.3 is 15.9 Å². The Morgan fingerprint density at radius 3 is 2.36 bits per heavy atom. The zero-order valence-corrected chi connectivity index (χ0v) is 7.68. The van der Waals surface area contributed by atoms with Crippen LogP contribution in [-0.2, 0) is 6.42 Å². The first-order valence-electron chi connectivity index (χ1n) is 4.31.